The third kappa shape index (κ3) is 3.66. The molecule has 0 aliphatic carbocycles. The first-order valence-corrected chi connectivity index (χ1v) is 7.10. The Bertz CT molecular complexity index is 536. The molecule has 1 amide bonds. The van der Waals surface area contributed by atoms with Crippen molar-refractivity contribution in [3.8, 4) is 0 Å². The molecule has 3 N–H and O–H groups in total. The van der Waals surface area contributed by atoms with E-state index in [2.05, 4.69) is 27.3 Å². The summed E-state index contributed by atoms with van der Waals surface area (Å²) < 4.78 is 1.14. The summed E-state index contributed by atoms with van der Waals surface area (Å²) >= 11 is 5.16. The zero-order chi connectivity index (χ0) is 13.0. The number of amides is 1. The van der Waals surface area contributed by atoms with Crippen LogP contribution in [-0.4, -0.2) is 5.91 Å². The van der Waals surface area contributed by atoms with Crippen LogP contribution in [-0.2, 0) is 13.1 Å². The predicted octanol–water partition coefficient (Wildman–Crippen LogP) is 2.90. The van der Waals surface area contributed by atoms with E-state index in [-0.39, 0.29) is 0 Å². The fourth-order valence-corrected chi connectivity index (χ4v) is 3.02. The SMILES string of the molecule is NC(=O)c1ccc(CNCc2ccc(Br)s2)cc1. The first-order valence-electron chi connectivity index (χ1n) is 5.49. The van der Waals surface area contributed by atoms with E-state index >= 15 is 0 Å². The van der Waals surface area contributed by atoms with Crippen LogP contribution in [0.15, 0.2) is 40.2 Å². The van der Waals surface area contributed by atoms with Gasteiger partial charge in [-0.05, 0) is 45.8 Å². The fourth-order valence-electron chi connectivity index (χ4n) is 1.56. The average molecular weight is 325 g/mol. The molecule has 0 aliphatic heterocycles. The van der Waals surface area contributed by atoms with Gasteiger partial charge in [0.25, 0.3) is 0 Å². The highest BCUT2D eigenvalue weighted by molar-refractivity contribution is 9.11. The molecule has 94 valence electrons. The van der Waals surface area contributed by atoms with Gasteiger partial charge < -0.3 is 11.1 Å². The van der Waals surface area contributed by atoms with Gasteiger partial charge in [-0.15, -0.1) is 11.3 Å². The molecule has 0 fully saturated rings. The first kappa shape index (κ1) is 13.3. The van der Waals surface area contributed by atoms with Gasteiger partial charge in [-0.25, -0.2) is 0 Å². The van der Waals surface area contributed by atoms with Gasteiger partial charge >= 0.3 is 0 Å². The number of nitrogens with two attached hydrogens (primary N) is 1. The second-order valence-electron chi connectivity index (χ2n) is 3.87. The first-order chi connectivity index (χ1) is 8.65. The van der Waals surface area contributed by atoms with E-state index in [9.17, 15) is 4.79 Å². The van der Waals surface area contributed by atoms with Crippen molar-refractivity contribution in [3.05, 3.63) is 56.2 Å². The van der Waals surface area contributed by atoms with E-state index in [4.69, 9.17) is 5.73 Å². The monoisotopic (exact) mass is 324 g/mol. The highest BCUT2D eigenvalue weighted by Crippen LogP contribution is 2.21. The van der Waals surface area contributed by atoms with Gasteiger partial charge in [-0.1, -0.05) is 12.1 Å². The quantitative estimate of drug-likeness (QED) is 0.888. The van der Waals surface area contributed by atoms with E-state index in [1.165, 1.54) is 4.88 Å². The summed E-state index contributed by atoms with van der Waals surface area (Å²) in [7, 11) is 0. The zero-order valence-corrected chi connectivity index (χ0v) is 12.1. The molecule has 5 heteroatoms. The van der Waals surface area contributed by atoms with Gasteiger partial charge in [-0.3, -0.25) is 4.79 Å². The van der Waals surface area contributed by atoms with Crippen LogP contribution >= 0.6 is 27.3 Å². The molecule has 0 saturated heterocycles. The van der Waals surface area contributed by atoms with Gasteiger partial charge in [-0.2, -0.15) is 0 Å². The molecule has 0 radical (unpaired) electrons. The van der Waals surface area contributed by atoms with Crippen LogP contribution in [0.5, 0.6) is 0 Å². The normalized spacial score (nSPS) is 10.5. The summed E-state index contributed by atoms with van der Waals surface area (Å²) in [6.45, 7) is 1.61. The second kappa shape index (κ2) is 6.13. The van der Waals surface area contributed by atoms with Crippen molar-refractivity contribution in [1.29, 1.82) is 0 Å². The molecule has 0 aliphatic rings. The molecule has 0 saturated carbocycles. The van der Waals surface area contributed by atoms with E-state index in [0.717, 1.165) is 22.4 Å². The minimum atomic E-state index is -0.391. The number of thiophene rings is 1. The number of carbonyl (C=O) groups is 1. The highest BCUT2D eigenvalue weighted by atomic mass is 79.9. The minimum absolute atomic E-state index is 0.391. The number of halogens is 1. The lowest BCUT2D eigenvalue weighted by Gasteiger charge is -2.04. The van der Waals surface area contributed by atoms with Gasteiger partial charge in [0, 0.05) is 23.5 Å². The van der Waals surface area contributed by atoms with Gasteiger partial charge in [0.15, 0.2) is 0 Å². The average Bonchev–Trinajstić information content (AvgIpc) is 2.76. The number of primary amides is 1. The lowest BCUT2D eigenvalue weighted by Crippen LogP contribution is -2.13. The van der Waals surface area contributed by atoms with E-state index < -0.39 is 5.91 Å². The van der Waals surface area contributed by atoms with E-state index in [1.54, 1.807) is 23.5 Å². The number of rotatable bonds is 5. The van der Waals surface area contributed by atoms with E-state index in [0.29, 0.717) is 5.56 Å². The van der Waals surface area contributed by atoms with Crippen LogP contribution in [0.25, 0.3) is 0 Å². The molecule has 0 atom stereocenters. The molecule has 1 heterocycles. The summed E-state index contributed by atoms with van der Waals surface area (Å²) in [5.74, 6) is -0.391. The largest absolute Gasteiger partial charge is 0.366 e. The Morgan fingerprint density at radius 1 is 1.17 bits per heavy atom. The summed E-state index contributed by atoms with van der Waals surface area (Å²) in [4.78, 5) is 12.2. The summed E-state index contributed by atoms with van der Waals surface area (Å²) in [6, 6.07) is 11.5. The lowest BCUT2D eigenvalue weighted by atomic mass is 10.1. The van der Waals surface area contributed by atoms with Crippen molar-refractivity contribution >= 4 is 33.2 Å². The molecule has 1 aromatic heterocycles. The maximum atomic E-state index is 10.9. The molecule has 0 spiro atoms. The lowest BCUT2D eigenvalue weighted by molar-refractivity contribution is 0.100. The standard InChI is InChI=1S/C13H13BrN2OS/c14-12-6-5-11(18-12)8-16-7-9-1-3-10(4-2-9)13(15)17/h1-6,16H,7-8H2,(H2,15,17). The van der Waals surface area contributed by atoms with Crippen molar-refractivity contribution in [2.75, 3.05) is 0 Å². The van der Waals surface area contributed by atoms with Crippen molar-refractivity contribution in [2.45, 2.75) is 13.1 Å². The Morgan fingerprint density at radius 2 is 1.89 bits per heavy atom. The maximum absolute atomic E-state index is 10.9. The molecule has 3 nitrogen and oxygen atoms in total. The van der Waals surface area contributed by atoms with Crippen LogP contribution in [0, 0.1) is 0 Å². The zero-order valence-electron chi connectivity index (χ0n) is 9.65. The smallest absolute Gasteiger partial charge is 0.248 e. The Kier molecular flexibility index (Phi) is 4.52. The van der Waals surface area contributed by atoms with E-state index in [1.807, 2.05) is 18.2 Å². The van der Waals surface area contributed by atoms with Crippen LogP contribution in [0.3, 0.4) is 0 Å². The van der Waals surface area contributed by atoms with Crippen molar-refractivity contribution in [1.82, 2.24) is 5.32 Å². The van der Waals surface area contributed by atoms with Gasteiger partial charge in [0.1, 0.15) is 0 Å². The van der Waals surface area contributed by atoms with Gasteiger partial charge in [0.2, 0.25) is 5.91 Å². The number of nitrogens with one attached hydrogen (secondary N) is 1. The van der Waals surface area contributed by atoms with Crippen molar-refractivity contribution in [3.63, 3.8) is 0 Å². The summed E-state index contributed by atoms with van der Waals surface area (Å²) in [5, 5.41) is 3.35. The molecule has 0 unspecified atom stereocenters. The minimum Gasteiger partial charge on any atom is -0.366 e. The highest BCUT2D eigenvalue weighted by Gasteiger charge is 2.00. The number of hydrogen-bond donors (Lipinski definition) is 2. The topological polar surface area (TPSA) is 55.1 Å². The number of hydrogen-bond acceptors (Lipinski definition) is 3. The van der Waals surface area contributed by atoms with Crippen LogP contribution in [0.2, 0.25) is 0 Å². The predicted molar refractivity (Wildman–Crippen MR) is 77.5 cm³/mol. The third-order valence-corrected chi connectivity index (χ3v) is 4.12. The second-order valence-corrected chi connectivity index (χ2v) is 6.42. The molecule has 0 bridgehead atoms. The Labute approximate surface area is 118 Å². The maximum Gasteiger partial charge on any atom is 0.248 e. The molecule has 18 heavy (non-hydrogen) atoms. The number of carbonyl (C=O) groups excluding carboxylic acids is 1. The molecular weight excluding hydrogens is 312 g/mol. The number of benzene rings is 1. The van der Waals surface area contributed by atoms with Crippen LogP contribution in [0.1, 0.15) is 20.8 Å². The Balaban J connectivity index is 1.85. The summed E-state index contributed by atoms with van der Waals surface area (Å²) in [6.07, 6.45) is 0. The molecule has 1 aromatic carbocycles. The van der Waals surface area contributed by atoms with Crippen molar-refractivity contribution < 1.29 is 4.79 Å². The molecule has 2 aromatic rings. The molecule has 2 rings (SSSR count). The van der Waals surface area contributed by atoms with Gasteiger partial charge in [0.05, 0.1) is 3.79 Å². The molecular formula is C13H13BrN2OS. The van der Waals surface area contributed by atoms with Crippen LogP contribution in [0.4, 0.5) is 0 Å². The third-order valence-electron chi connectivity index (χ3n) is 2.50. The van der Waals surface area contributed by atoms with Crippen LogP contribution < -0.4 is 11.1 Å². The van der Waals surface area contributed by atoms with Crippen molar-refractivity contribution in [2.24, 2.45) is 5.73 Å². The summed E-state index contributed by atoms with van der Waals surface area (Å²) in [5.41, 5.74) is 6.86. The fraction of sp³-hybridized carbons (Fsp3) is 0.154. The Hall–Kier alpha value is -1.17. The Morgan fingerprint density at radius 3 is 2.44 bits per heavy atom.